The number of H-pyrrole nitrogens is 1. The summed E-state index contributed by atoms with van der Waals surface area (Å²) in [7, 11) is 0. The van der Waals surface area contributed by atoms with Gasteiger partial charge in [-0.15, -0.1) is 0 Å². The number of non-ortho nitro benzene ring substituents is 1. The van der Waals surface area contributed by atoms with Gasteiger partial charge in [-0.05, 0) is 12.5 Å². The molecule has 0 amide bonds. The second-order valence-corrected chi connectivity index (χ2v) is 3.50. The zero-order chi connectivity index (χ0) is 11.7. The molecule has 0 spiro atoms. The van der Waals surface area contributed by atoms with Crippen molar-refractivity contribution in [2.24, 2.45) is 0 Å². The Labute approximate surface area is 91.1 Å². The van der Waals surface area contributed by atoms with Gasteiger partial charge in [0.05, 0.1) is 16.0 Å². The fraction of sp³-hybridized carbons (Fsp3) is 0.300. The predicted octanol–water partition coefficient (Wildman–Crippen LogP) is 1.91. The van der Waals surface area contributed by atoms with E-state index in [2.05, 4.69) is 9.97 Å². The van der Waals surface area contributed by atoms with E-state index in [-0.39, 0.29) is 5.69 Å². The average molecular weight is 221 g/mol. The molecule has 6 heteroatoms. The fourth-order valence-corrected chi connectivity index (χ4v) is 1.48. The molecule has 1 heterocycles. The molecule has 2 rings (SSSR count). The number of aromatic nitrogens is 2. The van der Waals surface area contributed by atoms with Crippen molar-refractivity contribution in [3.63, 3.8) is 0 Å². The van der Waals surface area contributed by atoms with Gasteiger partial charge in [-0.25, -0.2) is 4.98 Å². The molecule has 2 N–H and O–H groups in total. The highest BCUT2D eigenvalue weighted by Crippen LogP contribution is 2.22. The Morgan fingerprint density at radius 3 is 3.00 bits per heavy atom. The Balaban J connectivity index is 2.49. The second kappa shape index (κ2) is 3.90. The minimum atomic E-state index is -0.661. The van der Waals surface area contributed by atoms with E-state index in [0.29, 0.717) is 23.3 Å². The van der Waals surface area contributed by atoms with Crippen LogP contribution in [0.4, 0.5) is 5.69 Å². The molecule has 6 nitrogen and oxygen atoms in total. The molecule has 16 heavy (non-hydrogen) atoms. The van der Waals surface area contributed by atoms with E-state index >= 15 is 0 Å². The van der Waals surface area contributed by atoms with Crippen molar-refractivity contribution in [1.82, 2.24) is 9.97 Å². The number of aromatic amines is 1. The number of nitro groups is 1. The average Bonchev–Trinajstić information content (AvgIpc) is 2.70. The molecule has 0 saturated carbocycles. The van der Waals surface area contributed by atoms with Crippen LogP contribution < -0.4 is 0 Å². The molecular weight excluding hydrogens is 210 g/mol. The summed E-state index contributed by atoms with van der Waals surface area (Å²) in [5.74, 6) is 0.443. The standard InChI is InChI=1S/C10H11N3O3/c1-2-9(14)10-11-7-4-3-6(13(15)16)5-8(7)12-10/h3-5,9,14H,2H2,1H3,(H,11,12). The van der Waals surface area contributed by atoms with Crippen LogP contribution in [0.2, 0.25) is 0 Å². The number of imidazole rings is 1. The quantitative estimate of drug-likeness (QED) is 0.611. The molecule has 1 unspecified atom stereocenters. The second-order valence-electron chi connectivity index (χ2n) is 3.50. The van der Waals surface area contributed by atoms with E-state index < -0.39 is 11.0 Å². The molecule has 84 valence electrons. The van der Waals surface area contributed by atoms with Crippen molar-refractivity contribution in [2.45, 2.75) is 19.4 Å². The first-order chi connectivity index (χ1) is 7.61. The van der Waals surface area contributed by atoms with Gasteiger partial charge in [-0.1, -0.05) is 6.92 Å². The first-order valence-electron chi connectivity index (χ1n) is 4.94. The van der Waals surface area contributed by atoms with Gasteiger partial charge in [0.2, 0.25) is 0 Å². The summed E-state index contributed by atoms with van der Waals surface area (Å²) >= 11 is 0. The van der Waals surface area contributed by atoms with E-state index in [4.69, 9.17) is 0 Å². The van der Waals surface area contributed by atoms with E-state index in [0.717, 1.165) is 0 Å². The highest BCUT2D eigenvalue weighted by Gasteiger charge is 2.13. The minimum absolute atomic E-state index is 0.00804. The third-order valence-corrected chi connectivity index (χ3v) is 2.40. The largest absolute Gasteiger partial charge is 0.385 e. The predicted molar refractivity (Wildman–Crippen MR) is 58.0 cm³/mol. The zero-order valence-electron chi connectivity index (χ0n) is 8.67. The van der Waals surface area contributed by atoms with Crippen LogP contribution >= 0.6 is 0 Å². The van der Waals surface area contributed by atoms with Crippen molar-refractivity contribution in [3.05, 3.63) is 34.1 Å². The lowest BCUT2D eigenvalue weighted by atomic mass is 10.3. The number of hydrogen-bond acceptors (Lipinski definition) is 4. The van der Waals surface area contributed by atoms with Gasteiger partial charge < -0.3 is 10.1 Å². The topological polar surface area (TPSA) is 92.1 Å². The lowest BCUT2D eigenvalue weighted by molar-refractivity contribution is -0.384. The van der Waals surface area contributed by atoms with E-state index in [1.54, 1.807) is 6.07 Å². The summed E-state index contributed by atoms with van der Waals surface area (Å²) in [4.78, 5) is 17.1. The summed E-state index contributed by atoms with van der Waals surface area (Å²) in [5.41, 5.74) is 1.19. The van der Waals surface area contributed by atoms with Gasteiger partial charge in [0.1, 0.15) is 11.9 Å². The fourth-order valence-electron chi connectivity index (χ4n) is 1.48. The van der Waals surface area contributed by atoms with Crippen molar-refractivity contribution < 1.29 is 10.0 Å². The Bertz CT molecular complexity index is 535. The summed E-state index contributed by atoms with van der Waals surface area (Å²) in [6.07, 6.45) is -0.117. The smallest absolute Gasteiger partial charge is 0.271 e. The van der Waals surface area contributed by atoms with Crippen molar-refractivity contribution in [2.75, 3.05) is 0 Å². The van der Waals surface area contributed by atoms with Gasteiger partial charge in [-0.2, -0.15) is 0 Å². The highest BCUT2D eigenvalue weighted by atomic mass is 16.6. The molecule has 1 aromatic heterocycles. The van der Waals surface area contributed by atoms with Crippen molar-refractivity contribution in [1.29, 1.82) is 0 Å². The normalized spacial score (nSPS) is 12.9. The summed E-state index contributed by atoms with van der Waals surface area (Å²) in [5, 5.41) is 20.1. The Morgan fingerprint density at radius 2 is 2.38 bits per heavy atom. The number of nitro benzene ring substituents is 1. The van der Waals surface area contributed by atoms with Gasteiger partial charge in [0.15, 0.2) is 0 Å². The van der Waals surface area contributed by atoms with Crippen molar-refractivity contribution >= 4 is 16.7 Å². The number of benzene rings is 1. The van der Waals surface area contributed by atoms with Gasteiger partial charge >= 0.3 is 0 Å². The third kappa shape index (κ3) is 1.74. The van der Waals surface area contributed by atoms with E-state index in [1.807, 2.05) is 6.92 Å². The van der Waals surface area contributed by atoms with Crippen LogP contribution in [-0.2, 0) is 0 Å². The first-order valence-corrected chi connectivity index (χ1v) is 4.94. The number of nitrogens with one attached hydrogen (secondary N) is 1. The SMILES string of the molecule is CCC(O)c1nc2ccc([N+](=O)[O-])cc2[nH]1. The van der Waals surface area contributed by atoms with Crippen LogP contribution in [0.1, 0.15) is 25.3 Å². The minimum Gasteiger partial charge on any atom is -0.385 e. The van der Waals surface area contributed by atoms with Crippen LogP contribution in [0.25, 0.3) is 11.0 Å². The maximum Gasteiger partial charge on any atom is 0.271 e. The Morgan fingerprint density at radius 1 is 1.62 bits per heavy atom. The number of aliphatic hydroxyl groups excluding tert-OH is 1. The Hall–Kier alpha value is -1.95. The van der Waals surface area contributed by atoms with Crippen LogP contribution in [-0.4, -0.2) is 20.0 Å². The van der Waals surface area contributed by atoms with Gasteiger partial charge in [0.25, 0.3) is 5.69 Å². The van der Waals surface area contributed by atoms with Crippen LogP contribution in [0.5, 0.6) is 0 Å². The van der Waals surface area contributed by atoms with E-state index in [9.17, 15) is 15.2 Å². The highest BCUT2D eigenvalue weighted by molar-refractivity contribution is 5.77. The number of nitrogens with zero attached hydrogens (tertiary/aromatic N) is 2. The number of rotatable bonds is 3. The lowest BCUT2D eigenvalue weighted by Crippen LogP contribution is -1.96. The summed E-state index contributed by atoms with van der Waals surface area (Å²) < 4.78 is 0. The van der Waals surface area contributed by atoms with Gasteiger partial charge in [0, 0.05) is 12.1 Å². The summed E-state index contributed by atoms with van der Waals surface area (Å²) in [6, 6.07) is 4.37. The monoisotopic (exact) mass is 221 g/mol. The molecule has 0 aliphatic rings. The number of fused-ring (bicyclic) bond motifs is 1. The molecule has 0 bridgehead atoms. The molecule has 0 fully saturated rings. The molecule has 1 aromatic carbocycles. The van der Waals surface area contributed by atoms with Gasteiger partial charge in [-0.3, -0.25) is 10.1 Å². The maximum atomic E-state index is 10.6. The van der Waals surface area contributed by atoms with Crippen LogP contribution in [0, 0.1) is 10.1 Å². The lowest BCUT2D eigenvalue weighted by Gasteiger charge is -2.00. The van der Waals surface area contributed by atoms with Crippen molar-refractivity contribution in [3.8, 4) is 0 Å². The molecular formula is C10H11N3O3. The molecule has 1 atom stereocenters. The van der Waals surface area contributed by atoms with Crippen LogP contribution in [0.3, 0.4) is 0 Å². The van der Waals surface area contributed by atoms with Crippen LogP contribution in [0.15, 0.2) is 18.2 Å². The number of hydrogen-bond donors (Lipinski definition) is 2. The Kier molecular flexibility index (Phi) is 2.57. The first kappa shape index (κ1) is 10.6. The van der Waals surface area contributed by atoms with E-state index in [1.165, 1.54) is 12.1 Å². The molecule has 0 aliphatic heterocycles. The number of aliphatic hydroxyl groups is 1. The maximum absolute atomic E-state index is 10.6. The molecule has 2 aromatic rings. The zero-order valence-corrected chi connectivity index (χ0v) is 8.67. The molecule has 0 saturated heterocycles. The third-order valence-electron chi connectivity index (χ3n) is 2.40. The molecule has 0 radical (unpaired) electrons. The molecule has 0 aliphatic carbocycles. The summed E-state index contributed by atoms with van der Waals surface area (Å²) in [6.45, 7) is 1.83.